The summed E-state index contributed by atoms with van der Waals surface area (Å²) in [6.07, 6.45) is 3.70. The van der Waals surface area contributed by atoms with Crippen molar-refractivity contribution >= 4 is 5.78 Å². The summed E-state index contributed by atoms with van der Waals surface area (Å²) in [5, 5.41) is 0. The Kier molecular flexibility index (Phi) is 5.58. The summed E-state index contributed by atoms with van der Waals surface area (Å²) in [5.41, 5.74) is 2.15. The third kappa shape index (κ3) is 4.96. The Bertz CT molecular complexity index is 457. The third-order valence-corrected chi connectivity index (χ3v) is 4.30. The van der Waals surface area contributed by atoms with Crippen molar-refractivity contribution in [2.45, 2.75) is 58.9 Å². The second kappa shape index (κ2) is 7.22. The Balaban J connectivity index is 1.94. The minimum atomic E-state index is 0.265. The number of carbonyl (C=O) groups is 1. The van der Waals surface area contributed by atoms with E-state index in [1.165, 1.54) is 24.8 Å². The molecule has 0 saturated heterocycles. The van der Waals surface area contributed by atoms with Crippen LogP contribution in [0.5, 0.6) is 0 Å². The maximum atomic E-state index is 12.5. The Morgan fingerprint density at radius 3 is 2.24 bits per heavy atom. The lowest BCUT2D eigenvalue weighted by atomic mass is 10.0. The topological polar surface area (TPSA) is 20.3 Å². The lowest BCUT2D eigenvalue weighted by molar-refractivity contribution is 0.0920. The zero-order chi connectivity index (χ0) is 15.4. The summed E-state index contributed by atoms with van der Waals surface area (Å²) in [6.45, 7) is 10.5. The molecular weight excluding hydrogens is 258 g/mol. The van der Waals surface area contributed by atoms with Crippen LogP contribution in [0.1, 0.15) is 68.8 Å². The van der Waals surface area contributed by atoms with Gasteiger partial charge in [0, 0.05) is 11.6 Å². The zero-order valence-corrected chi connectivity index (χ0v) is 13.9. The van der Waals surface area contributed by atoms with Crippen molar-refractivity contribution in [1.82, 2.24) is 4.90 Å². The fraction of sp³-hybridized carbons (Fsp3) is 0.632. The van der Waals surface area contributed by atoms with Gasteiger partial charge < -0.3 is 0 Å². The van der Waals surface area contributed by atoms with Gasteiger partial charge in [-0.1, -0.05) is 52.0 Å². The molecule has 0 N–H and O–H groups in total. The van der Waals surface area contributed by atoms with Gasteiger partial charge in [-0.05, 0) is 43.2 Å². The quantitative estimate of drug-likeness (QED) is 0.656. The van der Waals surface area contributed by atoms with Crippen molar-refractivity contribution < 1.29 is 4.79 Å². The van der Waals surface area contributed by atoms with Crippen LogP contribution in [0, 0.1) is 5.92 Å². The van der Waals surface area contributed by atoms with Crippen LogP contribution in [-0.2, 0) is 0 Å². The van der Waals surface area contributed by atoms with E-state index in [1.54, 1.807) is 0 Å². The first-order valence-corrected chi connectivity index (χ1v) is 8.34. The number of benzene rings is 1. The number of Topliss-reactive ketones (excluding diaryl/α,β-unsaturated/α-hetero) is 1. The highest BCUT2D eigenvalue weighted by Gasteiger charge is 2.30. The van der Waals surface area contributed by atoms with Crippen LogP contribution in [0.3, 0.4) is 0 Å². The second-order valence-corrected chi connectivity index (χ2v) is 7.08. The summed E-state index contributed by atoms with van der Waals surface area (Å²) in [7, 11) is 0. The fourth-order valence-corrected chi connectivity index (χ4v) is 2.58. The molecule has 0 aromatic heterocycles. The highest BCUT2D eigenvalue weighted by atomic mass is 16.1. The monoisotopic (exact) mass is 287 g/mol. The lowest BCUT2D eigenvalue weighted by Crippen LogP contribution is -2.33. The van der Waals surface area contributed by atoms with Gasteiger partial charge in [0.2, 0.25) is 0 Å². The van der Waals surface area contributed by atoms with E-state index in [-0.39, 0.29) is 5.78 Å². The van der Waals surface area contributed by atoms with E-state index in [4.69, 9.17) is 0 Å². The summed E-state index contributed by atoms with van der Waals surface area (Å²) >= 11 is 0. The van der Waals surface area contributed by atoms with Crippen LogP contribution < -0.4 is 0 Å². The van der Waals surface area contributed by atoms with Gasteiger partial charge in [0.15, 0.2) is 5.78 Å². The molecule has 2 rings (SSSR count). The maximum absolute atomic E-state index is 12.5. The van der Waals surface area contributed by atoms with Crippen molar-refractivity contribution in [1.29, 1.82) is 0 Å². The molecule has 2 heteroatoms. The van der Waals surface area contributed by atoms with E-state index >= 15 is 0 Å². The van der Waals surface area contributed by atoms with E-state index in [0.29, 0.717) is 24.4 Å². The zero-order valence-electron chi connectivity index (χ0n) is 13.9. The molecule has 0 unspecified atom stereocenters. The number of ketones is 1. The van der Waals surface area contributed by atoms with Crippen LogP contribution in [0.4, 0.5) is 0 Å². The molecule has 21 heavy (non-hydrogen) atoms. The molecule has 1 saturated carbocycles. The average Bonchev–Trinajstić information content (AvgIpc) is 3.27. The van der Waals surface area contributed by atoms with Crippen molar-refractivity contribution in [2.75, 3.05) is 13.1 Å². The van der Waals surface area contributed by atoms with E-state index in [2.05, 4.69) is 44.7 Å². The van der Waals surface area contributed by atoms with Crippen LogP contribution >= 0.6 is 0 Å². The Morgan fingerprint density at radius 1 is 1.14 bits per heavy atom. The van der Waals surface area contributed by atoms with E-state index in [0.717, 1.165) is 12.1 Å². The number of hydrogen-bond acceptors (Lipinski definition) is 2. The van der Waals surface area contributed by atoms with Crippen LogP contribution in [0.25, 0.3) is 0 Å². The predicted molar refractivity (Wildman–Crippen MR) is 88.9 cm³/mol. The minimum absolute atomic E-state index is 0.265. The van der Waals surface area contributed by atoms with Crippen molar-refractivity contribution in [3.63, 3.8) is 0 Å². The summed E-state index contributed by atoms with van der Waals surface area (Å²) in [5.74, 6) is 1.48. The smallest absolute Gasteiger partial charge is 0.176 e. The van der Waals surface area contributed by atoms with Gasteiger partial charge in [-0.15, -0.1) is 0 Å². The molecule has 1 fully saturated rings. The predicted octanol–water partition coefficient (Wildman–Crippen LogP) is 4.50. The Hall–Kier alpha value is -1.15. The third-order valence-electron chi connectivity index (χ3n) is 4.30. The average molecular weight is 287 g/mol. The molecule has 0 heterocycles. The first-order chi connectivity index (χ1) is 9.97. The largest absolute Gasteiger partial charge is 0.293 e. The van der Waals surface area contributed by atoms with Gasteiger partial charge in [0.05, 0.1) is 6.54 Å². The van der Waals surface area contributed by atoms with E-state index in [9.17, 15) is 4.79 Å². The molecule has 0 aliphatic heterocycles. The molecule has 1 aliphatic rings. The molecule has 1 aromatic carbocycles. The SMILES string of the molecule is CC(C)CCN(CC(=O)c1ccc(C(C)C)cc1)C1CC1. The molecular formula is C19H29NO. The van der Waals surface area contributed by atoms with Gasteiger partial charge in [-0.2, -0.15) is 0 Å². The Morgan fingerprint density at radius 2 is 1.76 bits per heavy atom. The first kappa shape index (κ1) is 16.2. The maximum Gasteiger partial charge on any atom is 0.176 e. The Labute approximate surface area is 129 Å². The first-order valence-electron chi connectivity index (χ1n) is 8.34. The van der Waals surface area contributed by atoms with Gasteiger partial charge >= 0.3 is 0 Å². The molecule has 0 amide bonds. The number of hydrogen-bond donors (Lipinski definition) is 0. The molecule has 1 aromatic rings. The van der Waals surface area contributed by atoms with Crippen molar-refractivity contribution in [3.8, 4) is 0 Å². The highest BCUT2D eigenvalue weighted by molar-refractivity contribution is 5.97. The normalized spacial score (nSPS) is 15.2. The standard InChI is InChI=1S/C19H29NO/c1-14(2)11-12-20(18-9-10-18)13-19(21)17-7-5-16(6-8-17)15(3)4/h5-8,14-15,18H,9-13H2,1-4H3. The van der Waals surface area contributed by atoms with Crippen molar-refractivity contribution in [3.05, 3.63) is 35.4 Å². The molecule has 2 nitrogen and oxygen atoms in total. The summed E-state index contributed by atoms with van der Waals surface area (Å²) in [4.78, 5) is 14.9. The second-order valence-electron chi connectivity index (χ2n) is 7.08. The summed E-state index contributed by atoms with van der Waals surface area (Å²) in [6, 6.07) is 8.82. The fourth-order valence-electron chi connectivity index (χ4n) is 2.58. The van der Waals surface area contributed by atoms with Gasteiger partial charge in [0.1, 0.15) is 0 Å². The number of nitrogens with zero attached hydrogens (tertiary/aromatic N) is 1. The lowest BCUT2D eigenvalue weighted by Gasteiger charge is -2.22. The van der Waals surface area contributed by atoms with Crippen LogP contribution in [0.15, 0.2) is 24.3 Å². The molecule has 116 valence electrons. The molecule has 0 radical (unpaired) electrons. The van der Waals surface area contributed by atoms with Crippen molar-refractivity contribution in [2.24, 2.45) is 5.92 Å². The molecule has 1 aliphatic carbocycles. The molecule has 0 bridgehead atoms. The minimum Gasteiger partial charge on any atom is -0.293 e. The summed E-state index contributed by atoms with van der Waals surface area (Å²) < 4.78 is 0. The van der Waals surface area contributed by atoms with Gasteiger partial charge in [-0.25, -0.2) is 0 Å². The van der Waals surface area contributed by atoms with E-state index in [1.807, 2.05) is 12.1 Å². The molecule has 0 spiro atoms. The number of carbonyl (C=O) groups excluding carboxylic acids is 1. The van der Waals surface area contributed by atoms with Crippen LogP contribution in [-0.4, -0.2) is 29.8 Å². The molecule has 0 atom stereocenters. The number of rotatable bonds is 8. The van der Waals surface area contributed by atoms with Gasteiger partial charge in [0.25, 0.3) is 0 Å². The highest BCUT2D eigenvalue weighted by Crippen LogP contribution is 2.27. The van der Waals surface area contributed by atoms with Gasteiger partial charge in [-0.3, -0.25) is 9.69 Å². The van der Waals surface area contributed by atoms with Crippen LogP contribution in [0.2, 0.25) is 0 Å². The van der Waals surface area contributed by atoms with E-state index < -0.39 is 0 Å².